The standard InChI is InChI=1S/C17H15Cl2N5O2.CH4/c1-24(11-4-5-12(18)13(19)8-11)17-21-9-20-16(23-17)22-10-3-6-14(25)15(7-10)26-2;/h3-9,25H,1-2H3,(H,20,21,22,23);1H4. The fourth-order valence-electron chi connectivity index (χ4n) is 2.20. The molecular formula is C18H19Cl2N5O2. The van der Waals surface area contributed by atoms with Crippen molar-refractivity contribution in [2.45, 2.75) is 7.43 Å². The second kappa shape index (κ2) is 8.75. The number of aromatic nitrogens is 3. The minimum absolute atomic E-state index is 0. The van der Waals surface area contributed by atoms with Crippen LogP contribution in [0, 0.1) is 0 Å². The van der Waals surface area contributed by atoms with Crippen LogP contribution in [-0.4, -0.2) is 34.2 Å². The molecule has 0 atom stereocenters. The summed E-state index contributed by atoms with van der Waals surface area (Å²) in [6, 6.07) is 10.1. The molecule has 0 unspecified atom stereocenters. The van der Waals surface area contributed by atoms with Gasteiger partial charge in [-0.25, -0.2) is 9.97 Å². The van der Waals surface area contributed by atoms with Crippen molar-refractivity contribution in [2.75, 3.05) is 24.4 Å². The summed E-state index contributed by atoms with van der Waals surface area (Å²) in [5.74, 6) is 1.16. The molecule has 1 aromatic heterocycles. The molecular weight excluding hydrogens is 389 g/mol. The van der Waals surface area contributed by atoms with Crippen LogP contribution in [-0.2, 0) is 0 Å². The molecule has 1 heterocycles. The number of rotatable bonds is 5. The molecule has 0 spiro atoms. The van der Waals surface area contributed by atoms with Crippen molar-refractivity contribution in [1.82, 2.24) is 15.0 Å². The zero-order valence-corrected chi connectivity index (χ0v) is 15.5. The van der Waals surface area contributed by atoms with Gasteiger partial charge in [0.2, 0.25) is 11.9 Å². The quantitative estimate of drug-likeness (QED) is 0.572. The van der Waals surface area contributed by atoms with Gasteiger partial charge in [-0.1, -0.05) is 30.6 Å². The van der Waals surface area contributed by atoms with E-state index in [-0.39, 0.29) is 13.2 Å². The second-order valence-electron chi connectivity index (χ2n) is 5.28. The monoisotopic (exact) mass is 407 g/mol. The van der Waals surface area contributed by atoms with E-state index in [0.29, 0.717) is 33.4 Å². The number of benzene rings is 2. The summed E-state index contributed by atoms with van der Waals surface area (Å²) in [5, 5.41) is 13.6. The van der Waals surface area contributed by atoms with Crippen LogP contribution >= 0.6 is 23.2 Å². The third-order valence-corrected chi connectivity index (χ3v) is 4.32. The van der Waals surface area contributed by atoms with Crippen molar-refractivity contribution in [3.05, 3.63) is 52.8 Å². The van der Waals surface area contributed by atoms with E-state index in [0.717, 1.165) is 5.69 Å². The highest BCUT2D eigenvalue weighted by molar-refractivity contribution is 6.42. The number of aromatic hydroxyl groups is 1. The van der Waals surface area contributed by atoms with Crippen molar-refractivity contribution in [3.8, 4) is 11.5 Å². The van der Waals surface area contributed by atoms with Crippen LogP contribution in [0.1, 0.15) is 7.43 Å². The number of methoxy groups -OCH3 is 1. The number of hydrogen-bond acceptors (Lipinski definition) is 7. The normalized spacial score (nSPS) is 10.1. The Labute approximate surface area is 167 Å². The lowest BCUT2D eigenvalue weighted by molar-refractivity contribution is 0.374. The van der Waals surface area contributed by atoms with E-state index in [4.69, 9.17) is 27.9 Å². The van der Waals surface area contributed by atoms with Crippen molar-refractivity contribution >= 4 is 46.5 Å². The van der Waals surface area contributed by atoms with E-state index in [1.54, 1.807) is 29.2 Å². The van der Waals surface area contributed by atoms with Crippen LogP contribution < -0.4 is 15.0 Å². The largest absolute Gasteiger partial charge is 0.504 e. The molecule has 0 aliphatic carbocycles. The van der Waals surface area contributed by atoms with Gasteiger partial charge in [0.25, 0.3) is 0 Å². The third kappa shape index (κ3) is 4.69. The summed E-state index contributed by atoms with van der Waals surface area (Å²) in [5.41, 5.74) is 1.44. The van der Waals surface area contributed by atoms with E-state index in [9.17, 15) is 5.11 Å². The molecule has 3 aromatic rings. The Hall–Kier alpha value is -2.77. The Balaban J connectivity index is 0.00000261. The van der Waals surface area contributed by atoms with E-state index in [1.165, 1.54) is 19.5 Å². The number of nitrogens with zero attached hydrogens (tertiary/aromatic N) is 4. The highest BCUT2D eigenvalue weighted by atomic mass is 35.5. The van der Waals surface area contributed by atoms with Gasteiger partial charge in [0.1, 0.15) is 6.33 Å². The van der Waals surface area contributed by atoms with Crippen molar-refractivity contribution in [1.29, 1.82) is 0 Å². The van der Waals surface area contributed by atoms with Gasteiger partial charge in [0.15, 0.2) is 11.5 Å². The first-order valence-corrected chi connectivity index (χ1v) is 8.25. The van der Waals surface area contributed by atoms with Crippen LogP contribution in [0.25, 0.3) is 0 Å². The van der Waals surface area contributed by atoms with Gasteiger partial charge in [-0.2, -0.15) is 4.98 Å². The first-order valence-electron chi connectivity index (χ1n) is 7.50. The molecule has 0 radical (unpaired) electrons. The molecule has 0 aliphatic heterocycles. The highest BCUT2D eigenvalue weighted by Gasteiger charge is 2.11. The predicted molar refractivity (Wildman–Crippen MR) is 109 cm³/mol. The number of anilines is 4. The fraction of sp³-hybridized carbons (Fsp3) is 0.167. The summed E-state index contributed by atoms with van der Waals surface area (Å²) in [7, 11) is 3.29. The van der Waals surface area contributed by atoms with E-state index in [2.05, 4.69) is 20.3 Å². The molecule has 3 rings (SSSR count). The number of ether oxygens (including phenoxy) is 1. The topological polar surface area (TPSA) is 83.4 Å². The van der Waals surface area contributed by atoms with Gasteiger partial charge in [0.05, 0.1) is 17.2 Å². The first kappa shape index (κ1) is 20.5. The molecule has 7 nitrogen and oxygen atoms in total. The molecule has 2 N–H and O–H groups in total. The van der Waals surface area contributed by atoms with E-state index < -0.39 is 0 Å². The molecule has 9 heteroatoms. The Bertz CT molecular complexity index is 939. The molecule has 142 valence electrons. The average Bonchev–Trinajstić information content (AvgIpc) is 2.65. The van der Waals surface area contributed by atoms with Crippen molar-refractivity contribution < 1.29 is 9.84 Å². The third-order valence-electron chi connectivity index (χ3n) is 3.59. The highest BCUT2D eigenvalue weighted by Crippen LogP contribution is 2.31. The number of phenolic OH excluding ortho intramolecular Hbond substituents is 1. The van der Waals surface area contributed by atoms with Gasteiger partial charge in [-0.05, 0) is 30.3 Å². The minimum Gasteiger partial charge on any atom is -0.504 e. The fourth-order valence-corrected chi connectivity index (χ4v) is 2.50. The van der Waals surface area contributed by atoms with Gasteiger partial charge in [-0.15, -0.1) is 0 Å². The molecule has 2 aromatic carbocycles. The Morgan fingerprint density at radius 3 is 2.56 bits per heavy atom. The number of phenols is 1. The Morgan fingerprint density at radius 2 is 1.85 bits per heavy atom. The van der Waals surface area contributed by atoms with Crippen LogP contribution in [0.2, 0.25) is 10.0 Å². The maximum atomic E-state index is 9.67. The van der Waals surface area contributed by atoms with Gasteiger partial charge in [-0.3, -0.25) is 0 Å². The lowest BCUT2D eigenvalue weighted by atomic mass is 10.3. The van der Waals surface area contributed by atoms with Crippen LogP contribution in [0.5, 0.6) is 11.5 Å². The van der Waals surface area contributed by atoms with Crippen LogP contribution in [0.15, 0.2) is 42.7 Å². The zero-order chi connectivity index (χ0) is 18.7. The summed E-state index contributed by atoms with van der Waals surface area (Å²) >= 11 is 12.0. The summed E-state index contributed by atoms with van der Waals surface area (Å²) in [4.78, 5) is 14.4. The Morgan fingerprint density at radius 1 is 1.07 bits per heavy atom. The smallest absolute Gasteiger partial charge is 0.234 e. The van der Waals surface area contributed by atoms with E-state index >= 15 is 0 Å². The average molecular weight is 408 g/mol. The van der Waals surface area contributed by atoms with Crippen LogP contribution in [0.4, 0.5) is 23.3 Å². The molecule has 0 saturated carbocycles. The summed E-state index contributed by atoms with van der Waals surface area (Å²) < 4.78 is 5.09. The summed E-state index contributed by atoms with van der Waals surface area (Å²) in [6.45, 7) is 0. The lowest BCUT2D eigenvalue weighted by Gasteiger charge is -2.18. The molecule has 0 fully saturated rings. The maximum Gasteiger partial charge on any atom is 0.234 e. The molecule has 0 saturated heterocycles. The molecule has 27 heavy (non-hydrogen) atoms. The van der Waals surface area contributed by atoms with Gasteiger partial charge < -0.3 is 20.1 Å². The zero-order valence-electron chi connectivity index (χ0n) is 13.9. The summed E-state index contributed by atoms with van der Waals surface area (Å²) in [6.07, 6.45) is 1.40. The predicted octanol–water partition coefficient (Wildman–Crippen LogP) is 5.04. The number of hydrogen-bond donors (Lipinski definition) is 2. The van der Waals surface area contributed by atoms with Crippen molar-refractivity contribution in [2.24, 2.45) is 0 Å². The minimum atomic E-state index is 0. The van der Waals surface area contributed by atoms with Gasteiger partial charge in [0, 0.05) is 24.5 Å². The molecule has 0 amide bonds. The molecule has 0 aliphatic rings. The SMILES string of the molecule is C.COc1cc(Nc2ncnc(N(C)c3ccc(Cl)c(Cl)c3)n2)ccc1O. The first-order chi connectivity index (χ1) is 12.5. The molecule has 0 bridgehead atoms. The Kier molecular flexibility index (Phi) is 6.65. The number of halogens is 2. The number of nitrogens with one attached hydrogen (secondary N) is 1. The maximum absolute atomic E-state index is 9.67. The van der Waals surface area contributed by atoms with Gasteiger partial charge >= 0.3 is 0 Å². The second-order valence-corrected chi connectivity index (χ2v) is 6.09. The van der Waals surface area contributed by atoms with Crippen molar-refractivity contribution in [3.63, 3.8) is 0 Å². The lowest BCUT2D eigenvalue weighted by Crippen LogP contribution is -2.14. The van der Waals surface area contributed by atoms with Crippen LogP contribution in [0.3, 0.4) is 0 Å². The van der Waals surface area contributed by atoms with E-state index in [1.807, 2.05) is 13.1 Å².